The third-order valence-electron chi connectivity index (χ3n) is 7.42. The number of ether oxygens (including phenoxy) is 1. The van der Waals surface area contributed by atoms with Gasteiger partial charge in [0.2, 0.25) is 15.9 Å². The predicted molar refractivity (Wildman–Crippen MR) is 147 cm³/mol. The summed E-state index contributed by atoms with van der Waals surface area (Å²) < 4.78 is 74.2. The summed E-state index contributed by atoms with van der Waals surface area (Å²) in [7, 11) is -2.83. The van der Waals surface area contributed by atoms with Gasteiger partial charge in [0, 0.05) is 38.6 Å². The number of rotatable bonds is 9. The van der Waals surface area contributed by atoms with Crippen molar-refractivity contribution in [3.63, 3.8) is 0 Å². The maximum Gasteiger partial charge on any atom is 0.416 e. The highest BCUT2D eigenvalue weighted by Crippen LogP contribution is 2.40. The normalized spacial score (nSPS) is 21.9. The first-order valence-electron chi connectivity index (χ1n) is 13.1. The van der Waals surface area contributed by atoms with E-state index in [1.165, 1.54) is 16.9 Å². The molecule has 3 atom stereocenters. The Morgan fingerprint density at radius 3 is 2.40 bits per heavy atom. The highest BCUT2D eigenvalue weighted by molar-refractivity contribution is 7.89. The molecular weight excluding hydrogens is 590 g/mol. The summed E-state index contributed by atoms with van der Waals surface area (Å²) in [6.07, 6.45) is -3.03. The van der Waals surface area contributed by atoms with E-state index >= 15 is 0 Å². The van der Waals surface area contributed by atoms with E-state index in [1.54, 1.807) is 0 Å². The topological polar surface area (TPSA) is 79.0 Å². The molecular formula is C27H32Cl2F3N3O4S. The highest BCUT2D eigenvalue weighted by atomic mass is 35.5. The van der Waals surface area contributed by atoms with Crippen molar-refractivity contribution in [3.05, 3.63) is 63.6 Å². The van der Waals surface area contributed by atoms with Gasteiger partial charge in [-0.3, -0.25) is 9.69 Å². The number of amides is 1. The number of hydrogen-bond donors (Lipinski definition) is 1. The van der Waals surface area contributed by atoms with Gasteiger partial charge in [0.05, 0.1) is 22.2 Å². The summed E-state index contributed by atoms with van der Waals surface area (Å²) in [5.41, 5.74) is 0.0375. The van der Waals surface area contributed by atoms with E-state index in [2.05, 4.69) is 10.2 Å². The molecule has 2 saturated heterocycles. The second-order valence-electron chi connectivity index (χ2n) is 10.2. The zero-order valence-electron chi connectivity index (χ0n) is 22.0. The van der Waals surface area contributed by atoms with Gasteiger partial charge >= 0.3 is 6.18 Å². The van der Waals surface area contributed by atoms with Crippen molar-refractivity contribution in [2.75, 3.05) is 33.3 Å². The SMILES string of the molecule is CNC(=O)C(OCC1CCCCN1S(=O)(=O)c1c(Cl)cc(C(F)(F)F)cc1Cl)[C@H]1CCN(Cc2ccccc2)C1. The van der Waals surface area contributed by atoms with Crippen LogP contribution in [0.15, 0.2) is 47.4 Å². The molecule has 13 heteroatoms. The Balaban J connectivity index is 1.49. The second kappa shape index (κ2) is 13.0. The van der Waals surface area contributed by atoms with Crippen LogP contribution < -0.4 is 5.32 Å². The molecule has 1 amide bonds. The quantitative estimate of drug-likeness (QED) is 0.416. The van der Waals surface area contributed by atoms with Gasteiger partial charge in [0.1, 0.15) is 11.0 Å². The van der Waals surface area contributed by atoms with Crippen molar-refractivity contribution in [3.8, 4) is 0 Å². The van der Waals surface area contributed by atoms with Crippen molar-refractivity contribution in [1.82, 2.24) is 14.5 Å². The minimum atomic E-state index is -4.73. The molecule has 0 aromatic heterocycles. The number of benzene rings is 2. The molecule has 2 aliphatic rings. The number of nitrogens with one attached hydrogen (secondary N) is 1. The van der Waals surface area contributed by atoms with Crippen LogP contribution in [-0.2, 0) is 32.3 Å². The van der Waals surface area contributed by atoms with Crippen molar-refractivity contribution in [2.24, 2.45) is 5.92 Å². The second-order valence-corrected chi connectivity index (χ2v) is 12.8. The Morgan fingerprint density at radius 1 is 1.10 bits per heavy atom. The largest absolute Gasteiger partial charge is 0.416 e. The molecule has 220 valence electrons. The summed E-state index contributed by atoms with van der Waals surface area (Å²) in [5, 5.41) is 1.45. The fraction of sp³-hybridized carbons (Fsp3) is 0.519. The number of sulfonamides is 1. The first-order valence-corrected chi connectivity index (χ1v) is 15.3. The fourth-order valence-corrected chi connectivity index (χ4v) is 8.27. The molecule has 2 aromatic rings. The van der Waals surface area contributed by atoms with Crippen LogP contribution in [0.2, 0.25) is 10.0 Å². The lowest BCUT2D eigenvalue weighted by molar-refractivity contribution is -0.138. The molecule has 0 saturated carbocycles. The van der Waals surface area contributed by atoms with Crippen molar-refractivity contribution >= 4 is 39.1 Å². The molecule has 0 bridgehead atoms. The number of carbonyl (C=O) groups is 1. The molecule has 0 aliphatic carbocycles. The number of halogens is 5. The number of likely N-dealkylation sites (N-methyl/N-ethyl adjacent to an activating group) is 1. The number of alkyl halides is 3. The third kappa shape index (κ3) is 7.11. The number of hydrogen-bond acceptors (Lipinski definition) is 5. The number of nitrogens with zero attached hydrogens (tertiary/aromatic N) is 2. The molecule has 2 heterocycles. The maximum absolute atomic E-state index is 13.6. The lowest BCUT2D eigenvalue weighted by Crippen LogP contribution is -2.48. The molecule has 2 unspecified atom stereocenters. The summed E-state index contributed by atoms with van der Waals surface area (Å²) in [6, 6.07) is 10.5. The molecule has 4 rings (SSSR count). The van der Waals surface area contributed by atoms with Gasteiger partial charge in [0.25, 0.3) is 0 Å². The minimum absolute atomic E-state index is 0.0532. The Bertz CT molecular complexity index is 1270. The van der Waals surface area contributed by atoms with Crippen LogP contribution >= 0.6 is 23.2 Å². The van der Waals surface area contributed by atoms with Gasteiger partial charge in [-0.25, -0.2) is 8.42 Å². The first-order chi connectivity index (χ1) is 18.9. The first kappa shape index (κ1) is 31.1. The van der Waals surface area contributed by atoms with Crippen LogP contribution in [-0.4, -0.2) is 69.0 Å². The van der Waals surface area contributed by atoms with Crippen LogP contribution in [0.5, 0.6) is 0 Å². The monoisotopic (exact) mass is 621 g/mol. The molecule has 2 aromatic carbocycles. The number of likely N-dealkylation sites (tertiary alicyclic amines) is 1. The van der Waals surface area contributed by atoms with Crippen LogP contribution in [0, 0.1) is 5.92 Å². The Morgan fingerprint density at radius 2 is 1.77 bits per heavy atom. The van der Waals surface area contributed by atoms with Crippen molar-refractivity contribution in [1.29, 1.82) is 0 Å². The van der Waals surface area contributed by atoms with E-state index in [0.717, 1.165) is 25.9 Å². The van der Waals surface area contributed by atoms with Crippen LogP contribution in [0.1, 0.15) is 36.8 Å². The van der Waals surface area contributed by atoms with Gasteiger partial charge in [-0.15, -0.1) is 0 Å². The lowest BCUT2D eigenvalue weighted by Gasteiger charge is -2.36. The van der Waals surface area contributed by atoms with Crippen molar-refractivity contribution < 1.29 is 31.1 Å². The van der Waals surface area contributed by atoms with E-state index < -0.39 is 48.8 Å². The summed E-state index contributed by atoms with van der Waals surface area (Å²) in [6.45, 7) is 2.27. The third-order valence-corrected chi connectivity index (χ3v) is 10.3. The van der Waals surface area contributed by atoms with Gasteiger partial charge in [0.15, 0.2) is 0 Å². The number of piperidine rings is 1. The van der Waals surface area contributed by atoms with E-state index in [-0.39, 0.29) is 25.0 Å². The Hall–Kier alpha value is -1.89. The lowest BCUT2D eigenvalue weighted by atomic mass is 10.00. The summed E-state index contributed by atoms with van der Waals surface area (Å²) in [4.78, 5) is 14.5. The van der Waals surface area contributed by atoms with Gasteiger partial charge in [-0.1, -0.05) is 60.0 Å². The maximum atomic E-state index is 13.6. The highest BCUT2D eigenvalue weighted by Gasteiger charge is 2.40. The summed E-state index contributed by atoms with van der Waals surface area (Å²) >= 11 is 12.1. The summed E-state index contributed by atoms with van der Waals surface area (Å²) in [5.74, 6) is -0.373. The van der Waals surface area contributed by atoms with E-state index in [4.69, 9.17) is 27.9 Å². The Labute approximate surface area is 242 Å². The zero-order chi connectivity index (χ0) is 29.1. The average molecular weight is 623 g/mol. The minimum Gasteiger partial charge on any atom is -0.366 e. The van der Waals surface area contributed by atoms with E-state index in [9.17, 15) is 26.4 Å². The van der Waals surface area contributed by atoms with E-state index in [0.29, 0.717) is 31.5 Å². The molecule has 40 heavy (non-hydrogen) atoms. The number of carbonyl (C=O) groups excluding carboxylic acids is 1. The Kier molecular flexibility index (Phi) is 10.1. The predicted octanol–water partition coefficient (Wildman–Crippen LogP) is 5.21. The molecule has 2 aliphatic heterocycles. The van der Waals surface area contributed by atoms with Gasteiger partial charge in [-0.2, -0.15) is 17.5 Å². The van der Waals surface area contributed by atoms with Crippen LogP contribution in [0.25, 0.3) is 0 Å². The van der Waals surface area contributed by atoms with Crippen molar-refractivity contribution in [2.45, 2.75) is 55.4 Å². The zero-order valence-corrected chi connectivity index (χ0v) is 24.3. The smallest absolute Gasteiger partial charge is 0.366 e. The molecule has 2 fully saturated rings. The van der Waals surface area contributed by atoms with Gasteiger partial charge < -0.3 is 10.1 Å². The fourth-order valence-electron chi connectivity index (χ4n) is 5.42. The molecule has 1 N–H and O–H groups in total. The molecule has 0 spiro atoms. The molecule has 0 radical (unpaired) electrons. The van der Waals surface area contributed by atoms with Crippen LogP contribution in [0.4, 0.5) is 13.2 Å². The average Bonchev–Trinajstić information content (AvgIpc) is 3.36. The van der Waals surface area contributed by atoms with Gasteiger partial charge in [-0.05, 0) is 43.5 Å². The van der Waals surface area contributed by atoms with E-state index in [1.807, 2.05) is 30.3 Å². The van der Waals surface area contributed by atoms with Crippen LogP contribution in [0.3, 0.4) is 0 Å². The standard InChI is InChI=1S/C27H32Cl2F3N3O4S/c1-33-26(36)24(19-10-12-34(16-19)15-18-7-3-2-4-8-18)39-17-21-9-5-6-11-35(21)40(37,38)25-22(28)13-20(14-23(25)29)27(30,31)32/h2-4,7-8,13-14,19,21,24H,5-6,9-12,15-17H2,1H3,(H,33,36)/t19-,21?,24?/m0/s1. The molecule has 7 nitrogen and oxygen atoms in total.